The number of nitrogens with one attached hydrogen (secondary N) is 1. The molecule has 5 aromatic carbocycles. The highest BCUT2D eigenvalue weighted by atomic mass is 32.1. The Morgan fingerprint density at radius 1 is 0.632 bits per heavy atom. The summed E-state index contributed by atoms with van der Waals surface area (Å²) in [5.41, 5.74) is 5.75. The van der Waals surface area contributed by atoms with Crippen molar-refractivity contribution in [1.29, 1.82) is 0 Å². The average molecular weight is 506 g/mol. The first kappa shape index (κ1) is 21.4. The van der Waals surface area contributed by atoms with Crippen LogP contribution >= 0.6 is 11.3 Å². The first-order valence-corrected chi connectivity index (χ1v) is 13.7. The van der Waals surface area contributed by atoms with Crippen LogP contribution in [0.1, 0.15) is 17.2 Å². The molecule has 0 saturated heterocycles. The van der Waals surface area contributed by atoms with Gasteiger partial charge in [-0.25, -0.2) is 4.99 Å². The van der Waals surface area contributed by atoms with Gasteiger partial charge in [0.2, 0.25) is 5.96 Å². The van der Waals surface area contributed by atoms with E-state index in [9.17, 15) is 0 Å². The summed E-state index contributed by atoms with van der Waals surface area (Å²) in [5.74, 6) is 0.844. The Hall–Kier alpha value is -4.67. The Balaban J connectivity index is 1.45. The van der Waals surface area contributed by atoms with E-state index in [1.165, 1.54) is 42.0 Å². The second-order valence-electron chi connectivity index (χ2n) is 9.67. The van der Waals surface area contributed by atoms with Crippen molar-refractivity contribution < 1.29 is 0 Å². The smallest absolute Gasteiger partial charge is 0.208 e. The van der Waals surface area contributed by atoms with E-state index in [1.54, 1.807) is 0 Å². The Labute approximate surface area is 224 Å². The summed E-state index contributed by atoms with van der Waals surface area (Å²) < 4.78 is 4.93. The van der Waals surface area contributed by atoms with Gasteiger partial charge in [-0.1, -0.05) is 109 Å². The third kappa shape index (κ3) is 3.24. The van der Waals surface area contributed by atoms with E-state index in [1.807, 2.05) is 11.3 Å². The van der Waals surface area contributed by atoms with Gasteiger partial charge < -0.3 is 5.32 Å². The molecule has 0 fully saturated rings. The van der Waals surface area contributed by atoms with Crippen LogP contribution in [0.4, 0.5) is 0 Å². The SMILES string of the molecule is C1=C(c2ccccc2)NC(n2c3ccccc3c3ccc4c5ccccc5sc4c32)=NC1c1ccccc1. The van der Waals surface area contributed by atoms with Gasteiger partial charge in [0.25, 0.3) is 0 Å². The van der Waals surface area contributed by atoms with Crippen molar-refractivity contribution in [2.24, 2.45) is 4.99 Å². The number of aromatic nitrogens is 1. The molecule has 38 heavy (non-hydrogen) atoms. The molecule has 0 bridgehead atoms. The fourth-order valence-electron chi connectivity index (χ4n) is 5.69. The molecule has 0 aliphatic carbocycles. The molecule has 4 heteroatoms. The molecule has 8 rings (SSSR count). The molecule has 0 saturated carbocycles. The van der Waals surface area contributed by atoms with Crippen LogP contribution in [0.15, 0.2) is 132 Å². The van der Waals surface area contributed by atoms with Crippen molar-refractivity contribution in [2.45, 2.75) is 6.04 Å². The zero-order chi connectivity index (χ0) is 25.1. The van der Waals surface area contributed by atoms with Gasteiger partial charge in [0, 0.05) is 31.9 Å². The highest BCUT2D eigenvalue weighted by molar-refractivity contribution is 7.26. The van der Waals surface area contributed by atoms with Crippen LogP contribution in [0.3, 0.4) is 0 Å². The lowest BCUT2D eigenvalue weighted by molar-refractivity contribution is 0.860. The van der Waals surface area contributed by atoms with E-state index >= 15 is 0 Å². The summed E-state index contributed by atoms with van der Waals surface area (Å²) in [4.78, 5) is 5.33. The monoisotopic (exact) mass is 505 g/mol. The largest absolute Gasteiger partial charge is 0.325 e. The Morgan fingerprint density at radius 2 is 1.32 bits per heavy atom. The number of aliphatic imine (C=N–C) groups is 1. The number of rotatable bonds is 2. The molecule has 3 heterocycles. The highest BCUT2D eigenvalue weighted by Gasteiger charge is 2.24. The van der Waals surface area contributed by atoms with Crippen LogP contribution in [-0.4, -0.2) is 10.5 Å². The quantitative estimate of drug-likeness (QED) is 0.250. The molecule has 1 aliphatic heterocycles. The predicted octanol–water partition coefficient (Wildman–Crippen LogP) is 8.75. The second-order valence-corrected chi connectivity index (χ2v) is 10.7. The number of thiophene rings is 1. The topological polar surface area (TPSA) is 29.3 Å². The molecule has 2 aromatic heterocycles. The summed E-state index contributed by atoms with van der Waals surface area (Å²) in [6.45, 7) is 0. The van der Waals surface area contributed by atoms with Crippen molar-refractivity contribution in [3.05, 3.63) is 139 Å². The zero-order valence-electron chi connectivity index (χ0n) is 20.5. The molecule has 0 amide bonds. The van der Waals surface area contributed by atoms with Gasteiger partial charge in [-0.3, -0.25) is 4.57 Å². The number of hydrogen-bond acceptors (Lipinski definition) is 3. The highest BCUT2D eigenvalue weighted by Crippen LogP contribution is 2.42. The minimum absolute atomic E-state index is 0.0968. The Kier molecular flexibility index (Phi) is 4.76. The number of benzene rings is 5. The fraction of sp³-hybridized carbons (Fsp3) is 0.0294. The second kappa shape index (κ2) is 8.44. The first-order chi connectivity index (χ1) is 18.8. The zero-order valence-corrected chi connectivity index (χ0v) is 21.3. The van der Waals surface area contributed by atoms with Gasteiger partial charge >= 0.3 is 0 Å². The van der Waals surface area contributed by atoms with Crippen LogP contribution in [0, 0.1) is 0 Å². The number of hydrogen-bond donors (Lipinski definition) is 1. The third-order valence-electron chi connectivity index (χ3n) is 7.45. The molecule has 1 aliphatic rings. The van der Waals surface area contributed by atoms with Gasteiger partial charge in [-0.2, -0.15) is 0 Å². The van der Waals surface area contributed by atoms with Gasteiger partial charge in [-0.15, -0.1) is 11.3 Å². The van der Waals surface area contributed by atoms with Gasteiger partial charge in [0.15, 0.2) is 0 Å². The summed E-state index contributed by atoms with van der Waals surface area (Å²) in [7, 11) is 0. The molecule has 0 radical (unpaired) electrons. The third-order valence-corrected chi connectivity index (χ3v) is 8.64. The molecular formula is C34H23N3S. The van der Waals surface area contributed by atoms with E-state index in [2.05, 4.69) is 137 Å². The van der Waals surface area contributed by atoms with E-state index < -0.39 is 0 Å². The van der Waals surface area contributed by atoms with Crippen molar-refractivity contribution in [3.63, 3.8) is 0 Å². The maximum atomic E-state index is 5.33. The van der Waals surface area contributed by atoms with Crippen LogP contribution in [0.5, 0.6) is 0 Å². The number of nitrogens with zero attached hydrogens (tertiary/aromatic N) is 2. The van der Waals surface area contributed by atoms with Gasteiger partial charge in [0.05, 0.1) is 21.8 Å². The van der Waals surface area contributed by atoms with E-state index in [-0.39, 0.29) is 6.04 Å². The molecule has 0 spiro atoms. The maximum absolute atomic E-state index is 5.33. The van der Waals surface area contributed by atoms with E-state index in [4.69, 9.17) is 4.99 Å². The standard InChI is InChI=1S/C34H23N3S/c1-3-11-22(12-4-1)28-21-29(23-13-5-2-6-14-23)36-34(35-28)37-30-17-9-7-15-24(30)26-19-20-27-25-16-8-10-18-31(25)38-33(27)32(26)37/h1-21,28H,(H,35,36). The van der Waals surface area contributed by atoms with Crippen molar-refractivity contribution in [3.8, 4) is 0 Å². The number of fused-ring (bicyclic) bond motifs is 7. The number of para-hydroxylation sites is 1. The van der Waals surface area contributed by atoms with Crippen LogP contribution < -0.4 is 5.32 Å². The molecular weight excluding hydrogens is 482 g/mol. The average Bonchev–Trinajstić information content (AvgIpc) is 3.54. The normalized spacial score (nSPS) is 15.6. The summed E-state index contributed by atoms with van der Waals surface area (Å²) in [6, 6.07) is 42.9. The molecule has 3 nitrogen and oxygen atoms in total. The summed E-state index contributed by atoms with van der Waals surface area (Å²) >= 11 is 1.86. The lowest BCUT2D eigenvalue weighted by Crippen LogP contribution is -2.32. The molecule has 1 unspecified atom stereocenters. The van der Waals surface area contributed by atoms with E-state index in [0.29, 0.717) is 0 Å². The summed E-state index contributed by atoms with van der Waals surface area (Å²) in [5, 5.41) is 8.81. The molecule has 7 aromatic rings. The van der Waals surface area contributed by atoms with Crippen LogP contribution in [-0.2, 0) is 0 Å². The van der Waals surface area contributed by atoms with E-state index in [0.717, 1.165) is 22.7 Å². The van der Waals surface area contributed by atoms with Crippen molar-refractivity contribution >= 4 is 65.0 Å². The van der Waals surface area contributed by atoms with Gasteiger partial charge in [-0.05, 0) is 29.3 Å². The Bertz CT molecular complexity index is 2050. The fourth-order valence-corrected chi connectivity index (χ4v) is 6.93. The summed E-state index contributed by atoms with van der Waals surface area (Å²) in [6.07, 6.45) is 2.23. The van der Waals surface area contributed by atoms with Gasteiger partial charge in [0.1, 0.15) is 0 Å². The van der Waals surface area contributed by atoms with Crippen LogP contribution in [0.2, 0.25) is 0 Å². The lowest BCUT2D eigenvalue weighted by atomic mass is 10.0. The van der Waals surface area contributed by atoms with Crippen molar-refractivity contribution in [1.82, 2.24) is 9.88 Å². The van der Waals surface area contributed by atoms with Crippen LogP contribution in [0.25, 0.3) is 47.7 Å². The molecule has 1 N–H and O–H groups in total. The lowest BCUT2D eigenvalue weighted by Gasteiger charge is -2.24. The minimum Gasteiger partial charge on any atom is -0.325 e. The first-order valence-electron chi connectivity index (χ1n) is 12.9. The molecule has 1 atom stereocenters. The molecule has 180 valence electrons. The Morgan fingerprint density at radius 3 is 2.16 bits per heavy atom. The minimum atomic E-state index is -0.0968. The van der Waals surface area contributed by atoms with Crippen molar-refractivity contribution in [2.75, 3.05) is 0 Å². The predicted molar refractivity (Wildman–Crippen MR) is 162 cm³/mol. The maximum Gasteiger partial charge on any atom is 0.208 e.